The standard InChI is InChI=1S/C14H26N2O/c1-12(15-14(2)8-7-9-14)13(17)16-10-5-3-4-6-11-16/h12,15H,3-11H2,1-2H3. The predicted octanol–water partition coefficient (Wildman–Crippen LogP) is 2.31. The summed E-state index contributed by atoms with van der Waals surface area (Å²) in [5, 5.41) is 3.52. The number of likely N-dealkylation sites (tertiary alicyclic amines) is 1. The Hall–Kier alpha value is -0.570. The van der Waals surface area contributed by atoms with Crippen molar-refractivity contribution in [2.45, 2.75) is 70.4 Å². The minimum absolute atomic E-state index is 0.0154. The molecule has 1 N–H and O–H groups in total. The van der Waals surface area contributed by atoms with Crippen LogP contribution in [0.15, 0.2) is 0 Å². The smallest absolute Gasteiger partial charge is 0.239 e. The van der Waals surface area contributed by atoms with Gasteiger partial charge in [-0.2, -0.15) is 0 Å². The van der Waals surface area contributed by atoms with Gasteiger partial charge in [-0.1, -0.05) is 12.8 Å². The molecule has 1 heterocycles. The van der Waals surface area contributed by atoms with Gasteiger partial charge in [-0.3, -0.25) is 4.79 Å². The van der Waals surface area contributed by atoms with Crippen molar-refractivity contribution < 1.29 is 4.79 Å². The molecule has 0 aromatic heterocycles. The van der Waals surface area contributed by atoms with Crippen molar-refractivity contribution in [3.05, 3.63) is 0 Å². The number of hydrogen-bond acceptors (Lipinski definition) is 2. The molecule has 3 heteroatoms. The second-order valence-corrected chi connectivity index (χ2v) is 6.02. The summed E-state index contributed by atoms with van der Waals surface area (Å²) in [4.78, 5) is 14.4. The first-order valence-electron chi connectivity index (χ1n) is 7.17. The largest absolute Gasteiger partial charge is 0.341 e. The first-order valence-corrected chi connectivity index (χ1v) is 7.17. The molecule has 0 aromatic carbocycles. The quantitative estimate of drug-likeness (QED) is 0.818. The summed E-state index contributed by atoms with van der Waals surface area (Å²) in [5.74, 6) is 0.306. The van der Waals surface area contributed by atoms with Gasteiger partial charge in [-0.15, -0.1) is 0 Å². The van der Waals surface area contributed by atoms with Crippen LogP contribution < -0.4 is 5.32 Å². The molecule has 17 heavy (non-hydrogen) atoms. The zero-order chi connectivity index (χ0) is 12.3. The molecule has 0 radical (unpaired) electrons. The Morgan fingerprint density at radius 2 is 1.71 bits per heavy atom. The monoisotopic (exact) mass is 238 g/mol. The fourth-order valence-electron chi connectivity index (χ4n) is 3.00. The van der Waals surface area contributed by atoms with E-state index in [4.69, 9.17) is 0 Å². The van der Waals surface area contributed by atoms with Crippen molar-refractivity contribution in [1.29, 1.82) is 0 Å². The van der Waals surface area contributed by atoms with E-state index in [2.05, 4.69) is 17.1 Å². The predicted molar refractivity (Wildman–Crippen MR) is 69.9 cm³/mol. The fraction of sp³-hybridized carbons (Fsp3) is 0.929. The van der Waals surface area contributed by atoms with Crippen LogP contribution in [0, 0.1) is 0 Å². The summed E-state index contributed by atoms with van der Waals surface area (Å²) < 4.78 is 0. The Labute approximate surface area is 105 Å². The Balaban J connectivity index is 1.84. The van der Waals surface area contributed by atoms with Gasteiger partial charge in [0.15, 0.2) is 0 Å². The van der Waals surface area contributed by atoms with Gasteiger partial charge in [-0.25, -0.2) is 0 Å². The van der Waals surface area contributed by atoms with Crippen LogP contribution in [-0.2, 0) is 4.79 Å². The number of carbonyl (C=O) groups is 1. The molecule has 1 amide bonds. The zero-order valence-electron chi connectivity index (χ0n) is 11.3. The van der Waals surface area contributed by atoms with Crippen molar-refractivity contribution in [1.82, 2.24) is 10.2 Å². The first kappa shape index (κ1) is 12.9. The molecule has 0 spiro atoms. The number of carbonyl (C=O) groups excluding carboxylic acids is 1. The Morgan fingerprint density at radius 1 is 1.12 bits per heavy atom. The molecular weight excluding hydrogens is 212 g/mol. The number of rotatable bonds is 3. The third-order valence-corrected chi connectivity index (χ3v) is 4.31. The molecule has 2 aliphatic rings. The van der Waals surface area contributed by atoms with E-state index in [1.807, 2.05) is 6.92 Å². The third-order valence-electron chi connectivity index (χ3n) is 4.31. The number of nitrogens with zero attached hydrogens (tertiary/aromatic N) is 1. The molecule has 98 valence electrons. The highest BCUT2D eigenvalue weighted by Gasteiger charge is 2.35. The van der Waals surface area contributed by atoms with Crippen molar-refractivity contribution in [2.24, 2.45) is 0 Å². The van der Waals surface area contributed by atoms with Crippen LogP contribution in [0.3, 0.4) is 0 Å². The Morgan fingerprint density at radius 3 is 2.18 bits per heavy atom. The van der Waals surface area contributed by atoms with E-state index in [-0.39, 0.29) is 11.6 Å². The molecule has 1 saturated carbocycles. The highest BCUT2D eigenvalue weighted by atomic mass is 16.2. The highest BCUT2D eigenvalue weighted by molar-refractivity contribution is 5.81. The van der Waals surface area contributed by atoms with E-state index in [1.165, 1.54) is 44.9 Å². The molecule has 2 fully saturated rings. The van der Waals surface area contributed by atoms with Gasteiger partial charge in [0.2, 0.25) is 5.91 Å². The lowest BCUT2D eigenvalue weighted by Gasteiger charge is -2.42. The van der Waals surface area contributed by atoms with E-state index < -0.39 is 0 Å². The van der Waals surface area contributed by atoms with Crippen LogP contribution in [-0.4, -0.2) is 35.5 Å². The molecule has 1 saturated heterocycles. The van der Waals surface area contributed by atoms with Crippen molar-refractivity contribution in [3.63, 3.8) is 0 Å². The van der Waals surface area contributed by atoms with E-state index in [1.54, 1.807) is 0 Å². The molecule has 1 aliphatic carbocycles. The summed E-state index contributed by atoms with van der Waals surface area (Å²) >= 11 is 0. The average Bonchev–Trinajstić information content (AvgIpc) is 2.54. The van der Waals surface area contributed by atoms with Crippen LogP contribution in [0.5, 0.6) is 0 Å². The van der Waals surface area contributed by atoms with Crippen LogP contribution in [0.4, 0.5) is 0 Å². The van der Waals surface area contributed by atoms with Crippen molar-refractivity contribution in [2.75, 3.05) is 13.1 Å². The molecule has 0 bridgehead atoms. The van der Waals surface area contributed by atoms with Gasteiger partial charge in [-0.05, 0) is 46.0 Å². The molecule has 2 rings (SSSR count). The number of hydrogen-bond donors (Lipinski definition) is 1. The maximum Gasteiger partial charge on any atom is 0.239 e. The van der Waals surface area contributed by atoms with Crippen LogP contribution >= 0.6 is 0 Å². The van der Waals surface area contributed by atoms with Gasteiger partial charge in [0.25, 0.3) is 0 Å². The molecule has 3 nitrogen and oxygen atoms in total. The van der Waals surface area contributed by atoms with E-state index in [9.17, 15) is 4.79 Å². The zero-order valence-corrected chi connectivity index (χ0v) is 11.3. The maximum atomic E-state index is 12.3. The number of nitrogens with one attached hydrogen (secondary N) is 1. The van der Waals surface area contributed by atoms with Crippen molar-refractivity contribution >= 4 is 5.91 Å². The van der Waals surface area contributed by atoms with Gasteiger partial charge >= 0.3 is 0 Å². The van der Waals surface area contributed by atoms with Crippen LogP contribution in [0.25, 0.3) is 0 Å². The highest BCUT2D eigenvalue weighted by Crippen LogP contribution is 2.31. The van der Waals surface area contributed by atoms with Gasteiger partial charge < -0.3 is 10.2 Å². The second kappa shape index (κ2) is 5.38. The lowest BCUT2D eigenvalue weighted by molar-refractivity contribution is -0.133. The molecular formula is C14H26N2O. The van der Waals surface area contributed by atoms with E-state index in [0.717, 1.165) is 13.1 Å². The summed E-state index contributed by atoms with van der Waals surface area (Å²) in [6.45, 7) is 6.18. The minimum Gasteiger partial charge on any atom is -0.341 e. The molecule has 1 aliphatic heterocycles. The van der Waals surface area contributed by atoms with Gasteiger partial charge in [0, 0.05) is 18.6 Å². The summed E-state index contributed by atoms with van der Waals surface area (Å²) in [6, 6.07) is -0.0154. The van der Waals surface area contributed by atoms with Crippen molar-refractivity contribution in [3.8, 4) is 0 Å². The summed E-state index contributed by atoms with van der Waals surface area (Å²) in [7, 11) is 0. The normalized spacial score (nSPS) is 25.9. The maximum absolute atomic E-state index is 12.3. The molecule has 0 aromatic rings. The van der Waals surface area contributed by atoms with E-state index >= 15 is 0 Å². The first-order chi connectivity index (χ1) is 8.11. The van der Waals surface area contributed by atoms with Crippen LogP contribution in [0.2, 0.25) is 0 Å². The average molecular weight is 238 g/mol. The summed E-state index contributed by atoms with van der Waals surface area (Å²) in [6.07, 6.45) is 8.64. The SMILES string of the molecule is CC(NC1(C)CCC1)C(=O)N1CCCCCC1. The lowest BCUT2D eigenvalue weighted by atomic mass is 9.78. The topological polar surface area (TPSA) is 32.3 Å². The minimum atomic E-state index is -0.0154. The van der Waals surface area contributed by atoms with Crippen LogP contribution in [0.1, 0.15) is 58.8 Å². The number of amides is 1. The third kappa shape index (κ3) is 3.21. The Bertz CT molecular complexity index is 265. The lowest BCUT2D eigenvalue weighted by Crippen LogP contribution is -2.56. The fourth-order valence-corrected chi connectivity index (χ4v) is 3.00. The second-order valence-electron chi connectivity index (χ2n) is 6.02. The Kier molecular flexibility index (Phi) is 4.08. The van der Waals surface area contributed by atoms with Gasteiger partial charge in [0.05, 0.1) is 6.04 Å². The molecule has 1 atom stereocenters. The summed E-state index contributed by atoms with van der Waals surface area (Å²) in [5.41, 5.74) is 0.223. The van der Waals surface area contributed by atoms with Gasteiger partial charge in [0.1, 0.15) is 0 Å². The molecule has 1 unspecified atom stereocenters. The van der Waals surface area contributed by atoms with E-state index in [0.29, 0.717) is 5.91 Å².